The Morgan fingerprint density at radius 1 is 0.690 bits per heavy atom. The molecule has 0 fully saturated rings. The van der Waals surface area contributed by atoms with E-state index in [2.05, 4.69) is 49.5 Å². The molecule has 14 heteroatoms. The number of halogens is 1. The van der Waals surface area contributed by atoms with Crippen LogP contribution in [0.4, 0.5) is 0 Å². The van der Waals surface area contributed by atoms with Gasteiger partial charge in [-0.2, -0.15) is 102 Å². The Kier molecular flexibility index (Phi) is 80.7. The molecule has 2 unspecified atom stereocenters. The number of alkyl halides is 1. The van der Waals surface area contributed by atoms with Crippen LogP contribution >= 0.6 is 96.5 Å². The average Bonchev–Trinajstić information content (AvgIpc) is 2.69. The van der Waals surface area contributed by atoms with E-state index in [9.17, 15) is 0 Å². The molecule has 0 saturated heterocycles. The Balaban J connectivity index is -0.0000000765. The van der Waals surface area contributed by atoms with E-state index in [1.807, 2.05) is 47.0 Å². The van der Waals surface area contributed by atoms with E-state index in [-0.39, 0.29) is 88.7 Å². The molecule has 0 heterocycles. The van der Waals surface area contributed by atoms with Gasteiger partial charge in [-0.15, -0.1) is 11.6 Å². The van der Waals surface area contributed by atoms with Gasteiger partial charge in [0.25, 0.3) is 0 Å². The number of rotatable bonds is 16. The van der Waals surface area contributed by atoms with Crippen molar-refractivity contribution in [2.24, 2.45) is 0 Å². The zero-order valence-corrected chi connectivity index (χ0v) is 33.4. The number of hydrogen-bond donors (Lipinski definition) is 3. The van der Waals surface area contributed by atoms with E-state index >= 15 is 0 Å². The predicted molar refractivity (Wildman–Crippen MR) is 157 cm³/mol. The molecule has 0 amide bonds. The molecule has 0 bridgehead atoms. The van der Waals surface area contributed by atoms with Crippen LogP contribution in [0.25, 0.3) is 0 Å². The van der Waals surface area contributed by atoms with E-state index in [1.165, 1.54) is 12.1 Å². The molecule has 0 spiro atoms. The minimum atomic E-state index is 0. The third-order valence-corrected chi connectivity index (χ3v) is 10.8. The van der Waals surface area contributed by atoms with Crippen LogP contribution in [0.5, 0.6) is 0 Å². The Bertz CT molecular complexity index is 219. The standard InChI is InChI=1S/2C7H16S5.CH3Cl.3Na/c2*8-1-3-11-6-7(5-10)12-4-2-9;1-2;;;/h2*7-10H,1-6H2;1H3;;;/q;;;3*+1/p-3. The van der Waals surface area contributed by atoms with Crippen LogP contribution in [0.15, 0.2) is 0 Å². The smallest absolute Gasteiger partial charge is 0.792 e. The SMILES string of the molecule is CCl.SCCSCC(CS)SCCS.[Na+].[Na+].[Na+].[S-]CCSCC(C[S-])SCC[S-]. The van der Waals surface area contributed by atoms with Crippen LogP contribution < -0.4 is 88.7 Å². The molecule has 0 N–H and O–H groups in total. The van der Waals surface area contributed by atoms with Crippen LogP contribution in [0.2, 0.25) is 0 Å². The van der Waals surface area contributed by atoms with Gasteiger partial charge in [0.1, 0.15) is 0 Å². The first-order chi connectivity index (χ1) is 12.7. The van der Waals surface area contributed by atoms with Gasteiger partial charge in [0.05, 0.1) is 0 Å². The molecule has 0 aliphatic rings. The molecule has 162 valence electrons. The van der Waals surface area contributed by atoms with Gasteiger partial charge >= 0.3 is 88.7 Å². The molecule has 29 heavy (non-hydrogen) atoms. The molecule has 0 radical (unpaired) electrons. The zero-order chi connectivity index (χ0) is 20.5. The number of hydrogen-bond acceptors (Lipinski definition) is 10. The quantitative estimate of drug-likeness (QED) is 0.0512. The van der Waals surface area contributed by atoms with E-state index < -0.39 is 0 Å². The molecule has 0 saturated carbocycles. The van der Waals surface area contributed by atoms with Crippen molar-refractivity contribution in [2.45, 2.75) is 10.5 Å². The Labute approximate surface area is 303 Å². The van der Waals surface area contributed by atoms with Crippen molar-refractivity contribution in [3.8, 4) is 0 Å². The van der Waals surface area contributed by atoms with Crippen molar-refractivity contribution in [3.05, 3.63) is 0 Å². The second-order valence-electron chi connectivity index (χ2n) is 4.34. The molecule has 0 nitrogen and oxygen atoms in total. The first-order valence-corrected chi connectivity index (χ1v) is 16.8. The topological polar surface area (TPSA) is 0 Å². The number of thioether (sulfide) groups is 4. The summed E-state index contributed by atoms with van der Waals surface area (Å²) in [6.07, 6.45) is 1.47. The molecule has 0 aromatic heterocycles. The minimum Gasteiger partial charge on any atom is -0.792 e. The van der Waals surface area contributed by atoms with Gasteiger partial charge in [0.15, 0.2) is 0 Å². The summed E-state index contributed by atoms with van der Waals surface area (Å²) in [4.78, 5) is 0. The minimum absolute atomic E-state index is 0. The molecule has 0 aliphatic heterocycles. The van der Waals surface area contributed by atoms with E-state index in [0.717, 1.165) is 63.3 Å². The molecule has 0 aromatic carbocycles. The summed E-state index contributed by atoms with van der Waals surface area (Å²) >= 11 is 39.8. The van der Waals surface area contributed by atoms with Gasteiger partial charge < -0.3 is 37.9 Å². The fraction of sp³-hybridized carbons (Fsp3) is 1.00. The first-order valence-electron chi connectivity index (χ1n) is 8.03. The van der Waals surface area contributed by atoms with Crippen LogP contribution in [0.1, 0.15) is 0 Å². The Morgan fingerprint density at radius 2 is 1.14 bits per heavy atom. The summed E-state index contributed by atoms with van der Waals surface area (Å²) in [5.74, 6) is 12.2. The van der Waals surface area contributed by atoms with E-state index in [1.54, 1.807) is 0 Å². The van der Waals surface area contributed by atoms with E-state index in [0.29, 0.717) is 10.5 Å². The Morgan fingerprint density at radius 3 is 1.55 bits per heavy atom. The predicted octanol–water partition coefficient (Wildman–Crippen LogP) is -4.06. The summed E-state index contributed by atoms with van der Waals surface area (Å²) in [7, 11) is 0. The summed E-state index contributed by atoms with van der Waals surface area (Å²) in [6.45, 7) is 0. The molecular weight excluding hydrogens is 605 g/mol. The van der Waals surface area contributed by atoms with Gasteiger partial charge in [-0.1, -0.05) is 0 Å². The normalized spacial score (nSPS) is 11.2. The van der Waals surface area contributed by atoms with Crippen LogP contribution in [0, 0.1) is 0 Å². The molecule has 2 atom stereocenters. The summed E-state index contributed by atoms with van der Waals surface area (Å²) in [5.41, 5.74) is 0. The van der Waals surface area contributed by atoms with Crippen molar-refractivity contribution in [1.29, 1.82) is 0 Å². The van der Waals surface area contributed by atoms with Crippen molar-refractivity contribution >= 4 is 134 Å². The third-order valence-electron chi connectivity index (χ3n) is 2.34. The maximum Gasteiger partial charge on any atom is 1.00 e. The second-order valence-corrected chi connectivity index (χ2v) is 11.9. The van der Waals surface area contributed by atoms with Gasteiger partial charge in [-0.3, -0.25) is 0 Å². The largest absolute Gasteiger partial charge is 1.00 e. The zero-order valence-electron chi connectivity index (χ0n) is 18.2. The van der Waals surface area contributed by atoms with Crippen LogP contribution in [-0.4, -0.2) is 85.9 Å². The van der Waals surface area contributed by atoms with Crippen molar-refractivity contribution in [2.75, 3.05) is 75.4 Å². The van der Waals surface area contributed by atoms with Crippen molar-refractivity contribution in [3.63, 3.8) is 0 Å². The monoisotopic (exact) mass is 636 g/mol. The van der Waals surface area contributed by atoms with Crippen molar-refractivity contribution in [1.82, 2.24) is 0 Å². The van der Waals surface area contributed by atoms with Gasteiger partial charge in [-0.25, -0.2) is 0 Å². The summed E-state index contributed by atoms with van der Waals surface area (Å²) in [5, 5.41) is 1.29. The first kappa shape index (κ1) is 48.8. The molecular formula is C15H32ClNa3S10. The molecule has 0 aliphatic carbocycles. The molecule has 0 rings (SSSR count). The second kappa shape index (κ2) is 47.9. The van der Waals surface area contributed by atoms with Crippen LogP contribution in [-0.2, 0) is 37.9 Å². The van der Waals surface area contributed by atoms with Crippen LogP contribution in [0.3, 0.4) is 0 Å². The summed E-state index contributed by atoms with van der Waals surface area (Å²) < 4.78 is 0. The number of thiol groups is 3. The van der Waals surface area contributed by atoms with E-state index in [4.69, 9.17) is 37.9 Å². The van der Waals surface area contributed by atoms with Gasteiger partial charge in [0.2, 0.25) is 0 Å². The van der Waals surface area contributed by atoms with Gasteiger partial charge in [0, 0.05) is 40.4 Å². The average molecular weight is 638 g/mol. The maximum absolute atomic E-state index is 5.04. The summed E-state index contributed by atoms with van der Waals surface area (Å²) in [6, 6.07) is 0. The third kappa shape index (κ3) is 45.1. The molecule has 0 aromatic rings. The Hall–Kier alpha value is 6.79. The fourth-order valence-electron chi connectivity index (χ4n) is 1.29. The maximum atomic E-state index is 5.04. The van der Waals surface area contributed by atoms with Gasteiger partial charge in [-0.05, 0) is 28.3 Å². The van der Waals surface area contributed by atoms with Crippen molar-refractivity contribution < 1.29 is 88.7 Å². The fourth-order valence-corrected chi connectivity index (χ4v) is 7.57.